The molecule has 0 N–H and O–H groups in total. The van der Waals surface area contributed by atoms with Crippen LogP contribution in [0, 0.1) is 0 Å². The average molecular weight is 357 g/mol. The van der Waals surface area contributed by atoms with E-state index in [9.17, 15) is 17.8 Å². The predicted molar refractivity (Wildman–Crippen MR) is 78.4 cm³/mol. The van der Waals surface area contributed by atoms with E-state index in [0.29, 0.717) is 6.42 Å². The van der Waals surface area contributed by atoms with Gasteiger partial charge in [-0.3, -0.25) is 4.79 Å². The van der Waals surface area contributed by atoms with E-state index >= 15 is 0 Å². The Bertz CT molecular complexity index is 559. The van der Waals surface area contributed by atoms with Crippen LogP contribution >= 0.6 is 11.6 Å². The maximum Gasteiger partial charge on any atom is 1.00 e. The maximum atomic E-state index is 11.7. The number of carbonyl (C=O) groups is 1. The largest absolute Gasteiger partial charge is 1.00 e. The molecule has 0 aliphatic rings. The molecule has 22 heavy (non-hydrogen) atoms. The summed E-state index contributed by atoms with van der Waals surface area (Å²) in [6.07, 6.45) is 4.26. The topological polar surface area (TPSA) is 83.5 Å². The van der Waals surface area contributed by atoms with Crippen LogP contribution in [0.5, 0.6) is 5.75 Å². The predicted octanol–water partition coefficient (Wildman–Crippen LogP) is 0.0779. The number of ketones is 1. The summed E-state index contributed by atoms with van der Waals surface area (Å²) < 4.78 is 37.5. The number of Topliss-reactive ketones (excluding diaryl/α,β-unsaturated/α-hetero) is 1. The number of halogens is 1. The molecule has 118 valence electrons. The number of alkyl halides is 1. The molecule has 0 spiro atoms. The van der Waals surface area contributed by atoms with Gasteiger partial charge >= 0.3 is 29.6 Å². The van der Waals surface area contributed by atoms with E-state index in [1.165, 1.54) is 12.1 Å². The van der Waals surface area contributed by atoms with Gasteiger partial charge in [0.1, 0.15) is 15.9 Å². The Balaban J connectivity index is 0.00000441. The summed E-state index contributed by atoms with van der Waals surface area (Å²) in [5, 5.41) is 0. The van der Waals surface area contributed by atoms with Crippen LogP contribution in [-0.4, -0.2) is 24.3 Å². The zero-order valence-corrected chi connectivity index (χ0v) is 16.3. The van der Waals surface area contributed by atoms with Gasteiger partial charge in [-0.05, 0) is 30.7 Å². The van der Waals surface area contributed by atoms with Gasteiger partial charge in [-0.1, -0.05) is 37.8 Å². The standard InChI is InChI=1S/C14H19ClO5S.Na/c1-2-3-4-5-6-13(16)14(15)20-11-7-9-12(10-8-11)21(17,18)19;/h7-10,14H,2-6H2,1H3,(H,17,18,19);/q;+1/p-1. The van der Waals surface area contributed by atoms with E-state index in [1.54, 1.807) is 0 Å². The van der Waals surface area contributed by atoms with Crippen molar-refractivity contribution in [2.24, 2.45) is 0 Å². The van der Waals surface area contributed by atoms with Gasteiger partial charge in [0.05, 0.1) is 4.90 Å². The molecule has 5 nitrogen and oxygen atoms in total. The smallest absolute Gasteiger partial charge is 0.744 e. The van der Waals surface area contributed by atoms with E-state index in [2.05, 4.69) is 6.92 Å². The van der Waals surface area contributed by atoms with Crippen molar-refractivity contribution in [1.29, 1.82) is 0 Å². The number of benzene rings is 1. The molecule has 0 saturated heterocycles. The molecule has 8 heteroatoms. The summed E-state index contributed by atoms with van der Waals surface area (Å²) in [5.41, 5.74) is -1.11. The van der Waals surface area contributed by atoms with Gasteiger partial charge in [0.2, 0.25) is 5.56 Å². The van der Waals surface area contributed by atoms with Crippen molar-refractivity contribution in [3.05, 3.63) is 24.3 Å². The van der Waals surface area contributed by atoms with E-state index in [-0.39, 0.29) is 46.0 Å². The minimum absolute atomic E-state index is 0. The first-order valence-corrected chi connectivity index (χ1v) is 8.58. The van der Waals surface area contributed by atoms with E-state index < -0.39 is 15.7 Å². The molecule has 1 atom stereocenters. The van der Waals surface area contributed by atoms with Gasteiger partial charge in [0.15, 0.2) is 5.78 Å². The first-order chi connectivity index (χ1) is 9.84. The Labute approximate surface area is 158 Å². The van der Waals surface area contributed by atoms with Gasteiger partial charge in [-0.15, -0.1) is 0 Å². The van der Waals surface area contributed by atoms with Crippen LogP contribution in [0.3, 0.4) is 0 Å². The van der Waals surface area contributed by atoms with Crippen LogP contribution in [0.1, 0.15) is 39.0 Å². The Kier molecular flexibility index (Phi) is 10.6. The molecule has 0 saturated carbocycles. The normalized spacial score (nSPS) is 12.3. The van der Waals surface area contributed by atoms with Crippen molar-refractivity contribution >= 4 is 27.5 Å². The summed E-state index contributed by atoms with van der Waals surface area (Å²) in [5.74, 6) is 0.0256. The summed E-state index contributed by atoms with van der Waals surface area (Å²) >= 11 is 5.86. The van der Waals surface area contributed by atoms with Crippen molar-refractivity contribution < 1.29 is 52.1 Å². The Hall–Kier alpha value is -0.110. The molecule has 0 bridgehead atoms. The second-order valence-corrected chi connectivity index (χ2v) is 6.41. The Morgan fingerprint density at radius 2 is 1.82 bits per heavy atom. The van der Waals surface area contributed by atoms with Crippen LogP contribution in [0.15, 0.2) is 29.2 Å². The third-order valence-corrected chi connectivity index (χ3v) is 4.06. The molecule has 0 aliphatic carbocycles. The van der Waals surface area contributed by atoms with Crippen molar-refractivity contribution in [3.8, 4) is 5.75 Å². The molecule has 1 unspecified atom stereocenters. The van der Waals surface area contributed by atoms with Crippen LogP contribution in [-0.2, 0) is 14.9 Å². The van der Waals surface area contributed by atoms with E-state index in [0.717, 1.165) is 37.8 Å². The van der Waals surface area contributed by atoms with Gasteiger partial charge in [-0.25, -0.2) is 8.42 Å². The Morgan fingerprint density at radius 3 is 2.32 bits per heavy atom. The fourth-order valence-electron chi connectivity index (χ4n) is 1.71. The van der Waals surface area contributed by atoms with Crippen LogP contribution in [0.4, 0.5) is 0 Å². The molecule has 0 amide bonds. The molecular weight excluding hydrogens is 339 g/mol. The summed E-state index contributed by atoms with van der Waals surface area (Å²) in [7, 11) is -4.49. The molecule has 0 aliphatic heterocycles. The van der Waals surface area contributed by atoms with Crippen LogP contribution in [0.2, 0.25) is 0 Å². The van der Waals surface area contributed by atoms with Gasteiger partial charge in [-0.2, -0.15) is 0 Å². The first kappa shape index (κ1) is 21.9. The van der Waals surface area contributed by atoms with Crippen LogP contribution in [0.25, 0.3) is 0 Å². The quantitative estimate of drug-likeness (QED) is 0.271. The Morgan fingerprint density at radius 1 is 1.23 bits per heavy atom. The second kappa shape index (κ2) is 10.6. The fourth-order valence-corrected chi connectivity index (χ4v) is 2.39. The van der Waals surface area contributed by atoms with Gasteiger partial charge < -0.3 is 9.29 Å². The van der Waals surface area contributed by atoms with Crippen molar-refractivity contribution in [2.45, 2.75) is 49.5 Å². The molecule has 0 radical (unpaired) electrons. The molecule has 0 heterocycles. The molecule has 1 aromatic rings. The van der Waals surface area contributed by atoms with Gasteiger partial charge in [0, 0.05) is 6.42 Å². The number of hydrogen-bond acceptors (Lipinski definition) is 5. The van der Waals surface area contributed by atoms with Gasteiger partial charge in [0.25, 0.3) is 0 Å². The number of rotatable bonds is 9. The molecule has 0 fully saturated rings. The number of unbranched alkanes of at least 4 members (excludes halogenated alkanes) is 3. The third-order valence-electron chi connectivity index (χ3n) is 2.88. The molecular formula is C14H18ClNaO5S. The van der Waals surface area contributed by atoms with Crippen molar-refractivity contribution in [2.75, 3.05) is 0 Å². The molecule has 0 aromatic heterocycles. The first-order valence-electron chi connectivity index (χ1n) is 6.74. The zero-order valence-electron chi connectivity index (χ0n) is 12.7. The third kappa shape index (κ3) is 7.94. The monoisotopic (exact) mass is 356 g/mol. The maximum absolute atomic E-state index is 11.7. The zero-order chi connectivity index (χ0) is 15.9. The minimum Gasteiger partial charge on any atom is -0.744 e. The summed E-state index contributed by atoms with van der Waals surface area (Å²) in [4.78, 5) is 11.4. The van der Waals surface area contributed by atoms with Crippen LogP contribution < -0.4 is 34.3 Å². The van der Waals surface area contributed by atoms with E-state index in [4.69, 9.17) is 16.3 Å². The van der Waals surface area contributed by atoms with E-state index in [1.807, 2.05) is 0 Å². The molecule has 1 aromatic carbocycles. The minimum atomic E-state index is -4.49. The number of carbonyl (C=O) groups excluding carboxylic acids is 1. The average Bonchev–Trinajstić information content (AvgIpc) is 2.43. The SMILES string of the molecule is CCCCCCC(=O)C(Cl)Oc1ccc(S(=O)(=O)[O-])cc1.[Na+]. The van der Waals surface area contributed by atoms with Crippen molar-refractivity contribution in [1.82, 2.24) is 0 Å². The second-order valence-electron chi connectivity index (χ2n) is 4.64. The fraction of sp³-hybridized carbons (Fsp3) is 0.500. The summed E-state index contributed by atoms with van der Waals surface area (Å²) in [6, 6.07) is 4.83. The number of hydrogen-bond donors (Lipinski definition) is 0. The molecule has 1 rings (SSSR count). The number of ether oxygens (including phenoxy) is 1. The summed E-state index contributed by atoms with van der Waals surface area (Å²) in [6.45, 7) is 2.08. The van der Waals surface area contributed by atoms with Crippen molar-refractivity contribution in [3.63, 3.8) is 0 Å².